The minimum atomic E-state index is 0. The maximum atomic E-state index is 5.91. The number of aryl methyl sites for hydroxylation is 3. The Hall–Kier alpha value is -3.11. The van der Waals surface area contributed by atoms with E-state index < -0.39 is 0 Å². The second-order valence-electron chi connectivity index (χ2n) is 6.69. The van der Waals surface area contributed by atoms with Crippen molar-refractivity contribution in [3.05, 3.63) is 83.7 Å². The molecule has 4 aromatic rings. The van der Waals surface area contributed by atoms with E-state index in [1.807, 2.05) is 48.5 Å². The molecule has 4 nitrogen and oxygen atoms in total. The molecule has 1 aromatic heterocycles. The first-order chi connectivity index (χ1) is 13.1. The van der Waals surface area contributed by atoms with Crippen LogP contribution in [0.15, 0.2) is 67.0 Å². The highest BCUT2D eigenvalue weighted by Gasteiger charge is 2.08. The van der Waals surface area contributed by atoms with Crippen molar-refractivity contribution in [1.82, 2.24) is 9.97 Å². The lowest BCUT2D eigenvalue weighted by molar-refractivity contribution is 0.482. The average molecular weight is 392 g/mol. The monoisotopic (exact) mass is 391 g/mol. The summed E-state index contributed by atoms with van der Waals surface area (Å²) in [6.45, 7) is 6.26. The van der Waals surface area contributed by atoms with Gasteiger partial charge in [0, 0.05) is 11.1 Å². The molecule has 1 heterocycles. The van der Waals surface area contributed by atoms with Crippen LogP contribution < -0.4 is 10.1 Å². The normalized spacial score (nSPS) is 10.4. The number of nitrogens with zero attached hydrogens (tertiary/aromatic N) is 2. The summed E-state index contributed by atoms with van der Waals surface area (Å²) in [5, 5.41) is 4.46. The molecule has 0 amide bonds. The van der Waals surface area contributed by atoms with E-state index >= 15 is 0 Å². The molecule has 4 rings (SSSR count). The zero-order valence-electron chi connectivity index (χ0n) is 16.1. The molecule has 0 aliphatic heterocycles. The first-order valence-corrected chi connectivity index (χ1v) is 8.93. The van der Waals surface area contributed by atoms with Crippen LogP contribution in [0, 0.1) is 20.8 Å². The number of anilines is 2. The van der Waals surface area contributed by atoms with Gasteiger partial charge in [-0.2, -0.15) is 0 Å². The van der Waals surface area contributed by atoms with Crippen LogP contribution in [0.1, 0.15) is 16.7 Å². The molecule has 0 fully saturated rings. The number of hydrogen-bond donors (Lipinski definition) is 1. The van der Waals surface area contributed by atoms with E-state index in [0.717, 1.165) is 39.5 Å². The lowest BCUT2D eigenvalue weighted by atomic mass is 10.1. The van der Waals surface area contributed by atoms with Crippen molar-refractivity contribution in [2.75, 3.05) is 5.32 Å². The molecule has 0 saturated carbocycles. The molecule has 5 heteroatoms. The zero-order valence-corrected chi connectivity index (χ0v) is 16.9. The number of fused-ring (bicyclic) bond motifs is 1. The van der Waals surface area contributed by atoms with Gasteiger partial charge >= 0.3 is 0 Å². The van der Waals surface area contributed by atoms with Crippen LogP contribution in [0.4, 0.5) is 11.5 Å². The standard InChI is InChI=1S/C23H21N3O.ClH/c1-15-12-20-22(13-16(15)2)24-14-25-23(20)26-21-10-9-19(11-17(21)3)27-18-7-5-4-6-8-18;/h4-14H,1-3H3,(H,24,25,26);1H. The van der Waals surface area contributed by atoms with E-state index in [0.29, 0.717) is 0 Å². The molecule has 0 radical (unpaired) electrons. The molecule has 3 aromatic carbocycles. The van der Waals surface area contributed by atoms with Crippen molar-refractivity contribution < 1.29 is 4.74 Å². The van der Waals surface area contributed by atoms with Gasteiger partial charge in [0.15, 0.2) is 0 Å². The summed E-state index contributed by atoms with van der Waals surface area (Å²) >= 11 is 0. The highest BCUT2D eigenvalue weighted by molar-refractivity contribution is 5.91. The molecule has 0 aliphatic carbocycles. The minimum absolute atomic E-state index is 0. The second-order valence-corrected chi connectivity index (χ2v) is 6.69. The van der Waals surface area contributed by atoms with Crippen LogP contribution in [-0.2, 0) is 0 Å². The molecule has 0 unspecified atom stereocenters. The number of hydrogen-bond acceptors (Lipinski definition) is 4. The molecule has 0 saturated heterocycles. The predicted octanol–water partition coefficient (Wildman–Crippen LogP) is 6.51. The van der Waals surface area contributed by atoms with Crippen LogP contribution in [0.5, 0.6) is 11.5 Å². The fourth-order valence-electron chi connectivity index (χ4n) is 3.01. The summed E-state index contributed by atoms with van der Waals surface area (Å²) in [6, 6.07) is 20.0. The third kappa shape index (κ3) is 4.07. The summed E-state index contributed by atoms with van der Waals surface area (Å²) in [6.07, 6.45) is 1.60. The Bertz CT molecular complexity index is 1110. The SMILES string of the molecule is Cc1cc2ncnc(Nc3ccc(Oc4ccccc4)cc3C)c2cc1C.Cl. The molecule has 28 heavy (non-hydrogen) atoms. The van der Waals surface area contributed by atoms with Crippen LogP contribution >= 0.6 is 12.4 Å². The summed E-state index contributed by atoms with van der Waals surface area (Å²) in [7, 11) is 0. The Morgan fingerprint density at radius 2 is 1.50 bits per heavy atom. The summed E-state index contributed by atoms with van der Waals surface area (Å²) < 4.78 is 5.91. The maximum absolute atomic E-state index is 5.91. The number of nitrogens with one attached hydrogen (secondary N) is 1. The van der Waals surface area contributed by atoms with E-state index in [-0.39, 0.29) is 12.4 Å². The molecule has 1 N–H and O–H groups in total. The van der Waals surface area contributed by atoms with E-state index in [4.69, 9.17) is 4.74 Å². The summed E-state index contributed by atoms with van der Waals surface area (Å²) in [5.74, 6) is 2.44. The third-order valence-electron chi connectivity index (χ3n) is 4.68. The number of para-hydroxylation sites is 1. The number of benzene rings is 3. The molecule has 142 valence electrons. The summed E-state index contributed by atoms with van der Waals surface area (Å²) in [4.78, 5) is 8.85. The summed E-state index contributed by atoms with van der Waals surface area (Å²) in [5.41, 5.74) is 5.47. The fourth-order valence-corrected chi connectivity index (χ4v) is 3.01. The lowest BCUT2D eigenvalue weighted by Crippen LogP contribution is -1.99. The Balaban J connectivity index is 0.00000225. The van der Waals surface area contributed by atoms with Gasteiger partial charge in [0.2, 0.25) is 0 Å². The number of aromatic nitrogens is 2. The lowest BCUT2D eigenvalue weighted by Gasteiger charge is -2.13. The zero-order chi connectivity index (χ0) is 18.8. The highest BCUT2D eigenvalue weighted by Crippen LogP contribution is 2.30. The first kappa shape index (κ1) is 19.6. The topological polar surface area (TPSA) is 47.0 Å². The van der Waals surface area contributed by atoms with E-state index in [2.05, 4.69) is 48.2 Å². The molecular weight excluding hydrogens is 370 g/mol. The van der Waals surface area contributed by atoms with E-state index in [1.165, 1.54) is 11.1 Å². The second kappa shape index (κ2) is 8.28. The third-order valence-corrected chi connectivity index (χ3v) is 4.68. The van der Waals surface area contributed by atoms with Gasteiger partial charge in [-0.3, -0.25) is 0 Å². The van der Waals surface area contributed by atoms with Gasteiger partial charge in [0.25, 0.3) is 0 Å². The number of ether oxygens (including phenoxy) is 1. The van der Waals surface area contributed by atoms with Crippen molar-refractivity contribution >= 4 is 34.8 Å². The van der Waals surface area contributed by atoms with Crippen molar-refractivity contribution in [2.45, 2.75) is 20.8 Å². The smallest absolute Gasteiger partial charge is 0.141 e. The Morgan fingerprint density at radius 3 is 2.25 bits per heavy atom. The van der Waals surface area contributed by atoms with Gasteiger partial charge in [-0.25, -0.2) is 9.97 Å². The quantitative estimate of drug-likeness (QED) is 0.430. The van der Waals surface area contributed by atoms with Crippen LogP contribution in [-0.4, -0.2) is 9.97 Å². The Morgan fingerprint density at radius 1 is 0.750 bits per heavy atom. The molecule has 0 spiro atoms. The highest BCUT2D eigenvalue weighted by atomic mass is 35.5. The van der Waals surface area contributed by atoms with Gasteiger partial charge in [0.05, 0.1) is 5.52 Å². The van der Waals surface area contributed by atoms with Gasteiger partial charge in [-0.05, 0) is 79.9 Å². The largest absolute Gasteiger partial charge is 0.457 e. The van der Waals surface area contributed by atoms with Gasteiger partial charge < -0.3 is 10.1 Å². The van der Waals surface area contributed by atoms with Crippen molar-refractivity contribution in [1.29, 1.82) is 0 Å². The minimum Gasteiger partial charge on any atom is -0.457 e. The molecule has 0 atom stereocenters. The molecular formula is C23H22ClN3O. The van der Waals surface area contributed by atoms with Crippen molar-refractivity contribution in [2.24, 2.45) is 0 Å². The first-order valence-electron chi connectivity index (χ1n) is 8.93. The van der Waals surface area contributed by atoms with Crippen molar-refractivity contribution in [3.8, 4) is 11.5 Å². The van der Waals surface area contributed by atoms with Crippen LogP contribution in [0.3, 0.4) is 0 Å². The number of rotatable bonds is 4. The Labute approximate surface area is 171 Å². The molecule has 0 bridgehead atoms. The fraction of sp³-hybridized carbons (Fsp3) is 0.130. The van der Waals surface area contributed by atoms with Gasteiger partial charge in [-0.15, -0.1) is 12.4 Å². The van der Waals surface area contributed by atoms with Crippen LogP contribution in [0.25, 0.3) is 10.9 Å². The predicted molar refractivity (Wildman–Crippen MR) is 117 cm³/mol. The van der Waals surface area contributed by atoms with E-state index in [1.54, 1.807) is 6.33 Å². The van der Waals surface area contributed by atoms with E-state index in [9.17, 15) is 0 Å². The van der Waals surface area contributed by atoms with Gasteiger partial charge in [0.1, 0.15) is 23.6 Å². The van der Waals surface area contributed by atoms with Crippen LogP contribution in [0.2, 0.25) is 0 Å². The van der Waals surface area contributed by atoms with Gasteiger partial charge in [-0.1, -0.05) is 18.2 Å². The van der Waals surface area contributed by atoms with Crippen molar-refractivity contribution in [3.63, 3.8) is 0 Å². The average Bonchev–Trinajstić information content (AvgIpc) is 2.66. The number of halogens is 1. The maximum Gasteiger partial charge on any atom is 0.141 e. The Kier molecular flexibility index (Phi) is 5.81. The molecule has 0 aliphatic rings.